The van der Waals surface area contributed by atoms with Crippen molar-refractivity contribution in [2.45, 2.75) is 70.1 Å². The smallest absolute Gasteiger partial charge is 0.167 e. The fourth-order valence-electron chi connectivity index (χ4n) is 5.08. The lowest BCUT2D eigenvalue weighted by Crippen LogP contribution is -2.13. The van der Waals surface area contributed by atoms with Gasteiger partial charge in [-0.25, -0.2) is 17.6 Å². The maximum atomic E-state index is 14.9. The number of hydrogen-bond acceptors (Lipinski definition) is 0. The van der Waals surface area contributed by atoms with Gasteiger partial charge in [0, 0.05) is 11.1 Å². The molecule has 0 spiro atoms. The summed E-state index contributed by atoms with van der Waals surface area (Å²) in [5, 5.41) is 0. The summed E-state index contributed by atoms with van der Waals surface area (Å²) in [6.07, 6.45) is 6.68. The maximum absolute atomic E-state index is 14.9. The summed E-state index contributed by atoms with van der Waals surface area (Å²) in [5.41, 5.74) is 1.35. The molecule has 0 aliphatic heterocycles. The molecule has 2 aliphatic rings. The second kappa shape index (κ2) is 8.56. The van der Waals surface area contributed by atoms with Crippen LogP contribution in [0.1, 0.15) is 81.3 Å². The lowest BCUT2D eigenvalue weighted by Gasteiger charge is -2.27. The molecule has 30 heavy (non-hydrogen) atoms. The van der Waals surface area contributed by atoms with Crippen LogP contribution in [0.4, 0.5) is 17.6 Å². The molecule has 0 saturated heterocycles. The molecule has 2 aromatic carbocycles. The molecule has 0 heterocycles. The Morgan fingerprint density at radius 1 is 0.633 bits per heavy atom. The molecule has 160 valence electrons. The molecule has 2 aliphatic carbocycles. The topological polar surface area (TPSA) is 0 Å². The van der Waals surface area contributed by atoms with E-state index in [0.717, 1.165) is 56.9 Å². The summed E-state index contributed by atoms with van der Waals surface area (Å²) >= 11 is 0. The normalized spacial score (nSPS) is 23.0. The zero-order valence-corrected chi connectivity index (χ0v) is 17.4. The van der Waals surface area contributed by atoms with Crippen LogP contribution in [0.25, 0.3) is 11.1 Å². The van der Waals surface area contributed by atoms with E-state index in [1.165, 1.54) is 18.2 Å². The zero-order chi connectivity index (χ0) is 21.4. The fourth-order valence-corrected chi connectivity index (χ4v) is 5.08. The predicted octanol–water partition coefficient (Wildman–Crippen LogP) is 8.42. The lowest BCUT2D eigenvalue weighted by molar-refractivity contribution is 0.339. The van der Waals surface area contributed by atoms with Crippen LogP contribution in [0.2, 0.25) is 0 Å². The van der Waals surface area contributed by atoms with Crippen LogP contribution in [0, 0.1) is 29.2 Å². The molecule has 2 fully saturated rings. The Labute approximate surface area is 176 Å². The number of halogens is 4. The van der Waals surface area contributed by atoms with E-state index < -0.39 is 23.3 Å². The first kappa shape index (κ1) is 21.1. The summed E-state index contributed by atoms with van der Waals surface area (Å²) in [7, 11) is 0. The van der Waals surface area contributed by atoms with E-state index in [1.54, 1.807) is 6.07 Å². The summed E-state index contributed by atoms with van der Waals surface area (Å²) in [6.45, 7) is 6.12. The molecule has 0 bridgehead atoms. The van der Waals surface area contributed by atoms with Crippen LogP contribution in [0.3, 0.4) is 0 Å². The van der Waals surface area contributed by atoms with Crippen LogP contribution in [0.5, 0.6) is 0 Å². The number of rotatable bonds is 3. The van der Waals surface area contributed by atoms with Crippen LogP contribution in [0.15, 0.2) is 36.4 Å². The quantitative estimate of drug-likeness (QED) is 0.348. The van der Waals surface area contributed by atoms with Gasteiger partial charge in [-0.2, -0.15) is 0 Å². The summed E-state index contributed by atoms with van der Waals surface area (Å²) < 4.78 is 59.5. The van der Waals surface area contributed by atoms with Gasteiger partial charge in [0.05, 0.1) is 0 Å². The van der Waals surface area contributed by atoms with Gasteiger partial charge in [0.25, 0.3) is 0 Å². The van der Waals surface area contributed by atoms with Gasteiger partial charge in [-0.1, -0.05) is 56.2 Å². The molecular weight excluding hydrogens is 388 g/mol. The minimum atomic E-state index is -1.10. The van der Waals surface area contributed by atoms with Crippen molar-refractivity contribution < 1.29 is 17.6 Å². The third kappa shape index (κ3) is 3.93. The van der Waals surface area contributed by atoms with Crippen molar-refractivity contribution in [3.8, 4) is 11.1 Å². The van der Waals surface area contributed by atoms with E-state index >= 15 is 0 Å². The highest BCUT2D eigenvalue weighted by Crippen LogP contribution is 2.41. The fraction of sp³-hybridized carbons (Fsp3) is 0.462. The monoisotopic (exact) mass is 416 g/mol. The maximum Gasteiger partial charge on any atom is 0.167 e. The minimum Gasteiger partial charge on any atom is -0.203 e. The van der Waals surface area contributed by atoms with Gasteiger partial charge in [-0.3, -0.25) is 0 Å². The summed E-state index contributed by atoms with van der Waals surface area (Å²) in [6, 6.07) is 5.86. The van der Waals surface area contributed by atoms with Crippen molar-refractivity contribution in [2.75, 3.05) is 0 Å². The van der Waals surface area contributed by atoms with E-state index in [0.29, 0.717) is 17.0 Å². The molecule has 0 atom stereocenters. The Bertz CT molecular complexity index is 944. The Morgan fingerprint density at radius 3 is 1.53 bits per heavy atom. The lowest BCUT2D eigenvalue weighted by atomic mass is 9.79. The number of allylic oxidation sites excluding steroid dienone is 1. The third-order valence-electron chi connectivity index (χ3n) is 7.10. The first-order chi connectivity index (χ1) is 14.4. The van der Waals surface area contributed by atoms with E-state index in [9.17, 15) is 17.6 Å². The second-order valence-corrected chi connectivity index (χ2v) is 9.14. The van der Waals surface area contributed by atoms with Crippen molar-refractivity contribution in [2.24, 2.45) is 5.92 Å². The molecule has 4 rings (SSSR count). The predicted molar refractivity (Wildman–Crippen MR) is 112 cm³/mol. The Morgan fingerprint density at radius 2 is 1.07 bits per heavy atom. The largest absolute Gasteiger partial charge is 0.203 e. The van der Waals surface area contributed by atoms with Crippen LogP contribution in [-0.2, 0) is 0 Å². The van der Waals surface area contributed by atoms with E-state index in [4.69, 9.17) is 0 Å². The van der Waals surface area contributed by atoms with E-state index in [1.807, 2.05) is 0 Å². The first-order valence-electron chi connectivity index (χ1n) is 11.0. The van der Waals surface area contributed by atoms with Crippen molar-refractivity contribution in [1.82, 2.24) is 0 Å². The summed E-state index contributed by atoms with van der Waals surface area (Å²) in [4.78, 5) is 0. The van der Waals surface area contributed by atoms with Gasteiger partial charge < -0.3 is 0 Å². The van der Waals surface area contributed by atoms with Gasteiger partial charge in [0.15, 0.2) is 23.3 Å². The SMILES string of the molecule is C=C1CCC(c2ccc(-c3ccc(C4CCC(C)CC4)c(F)c3F)c(F)c2F)CC1. The average molecular weight is 417 g/mol. The molecule has 4 heteroatoms. The van der Waals surface area contributed by atoms with E-state index in [-0.39, 0.29) is 23.0 Å². The van der Waals surface area contributed by atoms with Crippen LogP contribution < -0.4 is 0 Å². The second-order valence-electron chi connectivity index (χ2n) is 9.14. The molecule has 2 aromatic rings. The molecular formula is C26H28F4. The molecule has 0 amide bonds. The Balaban J connectivity index is 1.65. The van der Waals surface area contributed by atoms with Gasteiger partial charge in [-0.15, -0.1) is 0 Å². The highest BCUT2D eigenvalue weighted by molar-refractivity contribution is 5.66. The summed E-state index contributed by atoms with van der Waals surface area (Å²) in [5.74, 6) is -3.56. The molecule has 2 saturated carbocycles. The Hall–Kier alpha value is -2.10. The minimum absolute atomic E-state index is 0.0187. The Kier molecular flexibility index (Phi) is 6.04. The zero-order valence-electron chi connectivity index (χ0n) is 17.4. The molecule has 0 nitrogen and oxygen atoms in total. The highest BCUT2D eigenvalue weighted by Gasteiger charge is 2.28. The van der Waals surface area contributed by atoms with E-state index in [2.05, 4.69) is 13.5 Å². The van der Waals surface area contributed by atoms with Crippen molar-refractivity contribution in [3.63, 3.8) is 0 Å². The van der Waals surface area contributed by atoms with Gasteiger partial charge in [0.1, 0.15) is 0 Å². The number of hydrogen-bond donors (Lipinski definition) is 0. The van der Waals surface area contributed by atoms with Crippen LogP contribution in [-0.4, -0.2) is 0 Å². The average Bonchev–Trinajstić information content (AvgIpc) is 2.74. The van der Waals surface area contributed by atoms with Crippen molar-refractivity contribution in [1.29, 1.82) is 0 Å². The van der Waals surface area contributed by atoms with Gasteiger partial charge >= 0.3 is 0 Å². The third-order valence-corrected chi connectivity index (χ3v) is 7.10. The van der Waals surface area contributed by atoms with Gasteiger partial charge in [-0.05, 0) is 67.4 Å². The van der Waals surface area contributed by atoms with Crippen molar-refractivity contribution in [3.05, 3.63) is 70.8 Å². The number of benzene rings is 2. The molecule has 0 unspecified atom stereocenters. The molecule has 0 radical (unpaired) electrons. The first-order valence-corrected chi connectivity index (χ1v) is 11.0. The van der Waals surface area contributed by atoms with Crippen molar-refractivity contribution >= 4 is 0 Å². The standard InChI is InChI=1S/C26H28F4/c1-15-3-7-17(8-4-15)19-11-13-21(25(29)23(19)27)22-14-12-20(24(28)26(22)30)18-9-5-16(2)6-10-18/h11-14,16-18H,1,3-10H2,2H3. The molecule has 0 aromatic heterocycles. The molecule has 0 N–H and O–H groups in total. The van der Waals surface area contributed by atoms with Gasteiger partial charge in [0.2, 0.25) is 0 Å². The highest BCUT2D eigenvalue weighted by atomic mass is 19.2. The van der Waals surface area contributed by atoms with Crippen LogP contribution >= 0.6 is 0 Å².